The first-order valence-corrected chi connectivity index (χ1v) is 6.70. The molecule has 0 saturated carbocycles. The summed E-state index contributed by atoms with van der Waals surface area (Å²) in [5.41, 5.74) is 6.87. The Morgan fingerprint density at radius 3 is 2.40 bits per heavy atom. The number of carbonyl (C=O) groups is 2. The van der Waals surface area contributed by atoms with Crippen molar-refractivity contribution in [3.63, 3.8) is 0 Å². The molecule has 0 radical (unpaired) electrons. The van der Waals surface area contributed by atoms with Gasteiger partial charge in [-0.3, -0.25) is 14.5 Å². The largest absolute Gasteiger partial charge is 0.397 e. The van der Waals surface area contributed by atoms with Crippen molar-refractivity contribution in [2.24, 2.45) is 0 Å². The number of hydrogen-bond donors (Lipinski definition) is 3. The van der Waals surface area contributed by atoms with E-state index in [9.17, 15) is 9.59 Å². The van der Waals surface area contributed by atoms with Crippen LogP contribution in [0.5, 0.6) is 0 Å². The van der Waals surface area contributed by atoms with Gasteiger partial charge in [0.2, 0.25) is 11.8 Å². The van der Waals surface area contributed by atoms with E-state index in [2.05, 4.69) is 10.6 Å². The van der Waals surface area contributed by atoms with Crippen LogP contribution in [-0.2, 0) is 9.59 Å². The normalized spacial score (nSPS) is 10.3. The second kappa shape index (κ2) is 8.16. The first-order chi connectivity index (χ1) is 9.56. The lowest BCUT2D eigenvalue weighted by Gasteiger charge is -2.19. The van der Waals surface area contributed by atoms with E-state index in [0.29, 0.717) is 24.5 Å². The maximum atomic E-state index is 11.9. The number of nitrogens with zero attached hydrogens (tertiary/aromatic N) is 1. The van der Waals surface area contributed by atoms with Crippen LogP contribution in [0, 0.1) is 0 Å². The zero-order chi connectivity index (χ0) is 15.0. The summed E-state index contributed by atoms with van der Waals surface area (Å²) in [6.45, 7) is 5.34. The number of benzene rings is 1. The quantitative estimate of drug-likeness (QED) is 0.640. The Balaban J connectivity index is 2.51. The molecule has 110 valence electrons. The van der Waals surface area contributed by atoms with Crippen molar-refractivity contribution in [2.45, 2.75) is 13.8 Å². The van der Waals surface area contributed by atoms with Gasteiger partial charge in [0.1, 0.15) is 0 Å². The van der Waals surface area contributed by atoms with Crippen LogP contribution in [0.25, 0.3) is 0 Å². The predicted molar refractivity (Wildman–Crippen MR) is 80.3 cm³/mol. The van der Waals surface area contributed by atoms with Crippen LogP contribution in [-0.4, -0.2) is 42.9 Å². The highest BCUT2D eigenvalue weighted by Crippen LogP contribution is 2.16. The Morgan fingerprint density at radius 1 is 1.15 bits per heavy atom. The molecule has 1 aromatic carbocycles. The molecule has 0 spiro atoms. The van der Waals surface area contributed by atoms with E-state index in [1.807, 2.05) is 13.8 Å². The number of likely N-dealkylation sites (N-methyl/N-ethyl adjacent to an activating group) is 2. The van der Waals surface area contributed by atoms with Gasteiger partial charge in [0, 0.05) is 6.54 Å². The zero-order valence-electron chi connectivity index (χ0n) is 12.0. The third-order valence-electron chi connectivity index (χ3n) is 2.79. The predicted octanol–water partition coefficient (Wildman–Crippen LogP) is 0.665. The van der Waals surface area contributed by atoms with Gasteiger partial charge in [-0.2, -0.15) is 0 Å². The van der Waals surface area contributed by atoms with Crippen LogP contribution in [0.1, 0.15) is 13.8 Å². The van der Waals surface area contributed by atoms with Crippen LogP contribution in [0.4, 0.5) is 11.4 Å². The molecule has 0 unspecified atom stereocenters. The smallest absolute Gasteiger partial charge is 0.238 e. The van der Waals surface area contributed by atoms with Crippen molar-refractivity contribution in [2.75, 3.05) is 37.2 Å². The van der Waals surface area contributed by atoms with Crippen LogP contribution in [0.3, 0.4) is 0 Å². The molecule has 0 atom stereocenters. The number of nitrogens with one attached hydrogen (secondary N) is 2. The van der Waals surface area contributed by atoms with Gasteiger partial charge in [0.15, 0.2) is 0 Å². The van der Waals surface area contributed by atoms with Gasteiger partial charge in [-0.05, 0) is 25.6 Å². The highest BCUT2D eigenvalue weighted by molar-refractivity contribution is 5.95. The number of nitrogens with two attached hydrogens (primary N) is 1. The molecule has 0 bridgehead atoms. The topological polar surface area (TPSA) is 87.5 Å². The van der Waals surface area contributed by atoms with Gasteiger partial charge in [0.05, 0.1) is 24.5 Å². The molecule has 2 amide bonds. The van der Waals surface area contributed by atoms with Gasteiger partial charge in [-0.1, -0.05) is 19.1 Å². The second-order valence-corrected chi connectivity index (χ2v) is 4.39. The average Bonchev–Trinajstić information content (AvgIpc) is 2.41. The fourth-order valence-corrected chi connectivity index (χ4v) is 1.74. The van der Waals surface area contributed by atoms with E-state index in [1.54, 1.807) is 29.2 Å². The fraction of sp³-hybridized carbons (Fsp3) is 0.429. The summed E-state index contributed by atoms with van der Waals surface area (Å²) in [5.74, 6) is -0.268. The maximum Gasteiger partial charge on any atom is 0.238 e. The van der Waals surface area contributed by atoms with E-state index in [1.165, 1.54) is 0 Å². The molecule has 1 aromatic rings. The molecule has 0 aliphatic carbocycles. The average molecular weight is 278 g/mol. The number of carbonyl (C=O) groups excluding carboxylic acids is 2. The summed E-state index contributed by atoms with van der Waals surface area (Å²) < 4.78 is 0. The van der Waals surface area contributed by atoms with Gasteiger partial charge < -0.3 is 16.4 Å². The van der Waals surface area contributed by atoms with E-state index < -0.39 is 0 Å². The zero-order valence-corrected chi connectivity index (χ0v) is 12.0. The summed E-state index contributed by atoms with van der Waals surface area (Å²) in [6, 6.07) is 7.08. The van der Waals surface area contributed by atoms with Crippen molar-refractivity contribution in [3.05, 3.63) is 24.3 Å². The molecule has 1 rings (SSSR count). The number of hydrogen-bond acceptors (Lipinski definition) is 4. The van der Waals surface area contributed by atoms with Gasteiger partial charge in [-0.25, -0.2) is 0 Å². The summed E-state index contributed by atoms with van der Waals surface area (Å²) in [5, 5.41) is 5.45. The van der Waals surface area contributed by atoms with E-state index in [0.717, 1.165) is 0 Å². The van der Waals surface area contributed by atoms with Crippen LogP contribution < -0.4 is 16.4 Å². The van der Waals surface area contributed by atoms with Crippen molar-refractivity contribution in [3.8, 4) is 0 Å². The lowest BCUT2D eigenvalue weighted by molar-refractivity contribution is -0.123. The van der Waals surface area contributed by atoms with E-state index >= 15 is 0 Å². The minimum atomic E-state index is -0.186. The van der Waals surface area contributed by atoms with Crippen molar-refractivity contribution in [1.29, 1.82) is 0 Å². The molecular formula is C14H22N4O2. The molecule has 0 aliphatic rings. The Morgan fingerprint density at radius 2 is 1.80 bits per heavy atom. The summed E-state index contributed by atoms with van der Waals surface area (Å²) >= 11 is 0. The Labute approximate surface area is 119 Å². The maximum absolute atomic E-state index is 11.9. The lowest BCUT2D eigenvalue weighted by atomic mass is 10.2. The second-order valence-electron chi connectivity index (χ2n) is 4.39. The molecule has 0 saturated heterocycles. The number of rotatable bonds is 7. The molecule has 0 aromatic heterocycles. The Bertz CT molecular complexity index is 462. The molecule has 4 N–H and O–H groups in total. The SMILES string of the molecule is CCNC(=O)CN(CC)CC(=O)Nc1ccccc1N. The Kier molecular flexibility index (Phi) is 6.52. The molecule has 0 aliphatic heterocycles. The minimum Gasteiger partial charge on any atom is -0.397 e. The number of amides is 2. The fourth-order valence-electron chi connectivity index (χ4n) is 1.74. The summed E-state index contributed by atoms with van der Waals surface area (Å²) in [4.78, 5) is 25.2. The Hall–Kier alpha value is -2.08. The van der Waals surface area contributed by atoms with Crippen molar-refractivity contribution < 1.29 is 9.59 Å². The van der Waals surface area contributed by atoms with Crippen molar-refractivity contribution in [1.82, 2.24) is 10.2 Å². The highest BCUT2D eigenvalue weighted by Gasteiger charge is 2.13. The highest BCUT2D eigenvalue weighted by atomic mass is 16.2. The molecule has 0 heterocycles. The number of para-hydroxylation sites is 2. The van der Waals surface area contributed by atoms with Gasteiger partial charge >= 0.3 is 0 Å². The van der Waals surface area contributed by atoms with Crippen LogP contribution in [0.15, 0.2) is 24.3 Å². The minimum absolute atomic E-state index is 0.0821. The third kappa shape index (κ3) is 5.27. The molecule has 20 heavy (non-hydrogen) atoms. The summed E-state index contributed by atoms with van der Waals surface area (Å²) in [6.07, 6.45) is 0. The number of anilines is 2. The first kappa shape index (κ1) is 16.0. The van der Waals surface area contributed by atoms with Crippen LogP contribution in [0.2, 0.25) is 0 Å². The van der Waals surface area contributed by atoms with Gasteiger partial charge in [-0.15, -0.1) is 0 Å². The first-order valence-electron chi connectivity index (χ1n) is 6.70. The van der Waals surface area contributed by atoms with E-state index in [-0.39, 0.29) is 24.9 Å². The van der Waals surface area contributed by atoms with Gasteiger partial charge in [0.25, 0.3) is 0 Å². The molecule has 6 nitrogen and oxygen atoms in total. The van der Waals surface area contributed by atoms with E-state index in [4.69, 9.17) is 5.73 Å². The van der Waals surface area contributed by atoms with Crippen molar-refractivity contribution >= 4 is 23.2 Å². The summed E-state index contributed by atoms with van der Waals surface area (Å²) in [7, 11) is 0. The number of nitrogen functional groups attached to an aromatic ring is 1. The molecular weight excluding hydrogens is 256 g/mol. The monoisotopic (exact) mass is 278 g/mol. The standard InChI is InChI=1S/C14H22N4O2/c1-3-16-13(19)9-18(4-2)10-14(20)17-12-8-6-5-7-11(12)15/h5-8H,3-4,9-10,15H2,1-2H3,(H,16,19)(H,17,20). The molecule has 6 heteroatoms. The van der Waals surface area contributed by atoms with Crippen LogP contribution >= 0.6 is 0 Å². The lowest BCUT2D eigenvalue weighted by Crippen LogP contribution is -2.41. The molecule has 0 fully saturated rings. The third-order valence-corrected chi connectivity index (χ3v) is 2.79.